The molecule has 3 aromatic rings. The summed E-state index contributed by atoms with van der Waals surface area (Å²) in [5, 5.41) is 11.6. The molecule has 0 unspecified atom stereocenters. The highest BCUT2D eigenvalue weighted by Gasteiger charge is 2.18. The highest BCUT2D eigenvalue weighted by Crippen LogP contribution is 2.25. The average molecular weight is 404 g/mol. The normalized spacial score (nSPS) is 10.2. The molecule has 7 heteroatoms. The molecule has 0 bridgehead atoms. The predicted octanol–water partition coefficient (Wildman–Crippen LogP) is 4.14. The van der Waals surface area contributed by atoms with Crippen LogP contribution >= 0.6 is 0 Å². The number of nitrogens with zero attached hydrogens (tertiary/aromatic N) is 1. The Morgan fingerprint density at radius 1 is 1.10 bits per heavy atom. The summed E-state index contributed by atoms with van der Waals surface area (Å²) < 4.78 is 16.1. The number of hydrogen-bond acceptors (Lipinski definition) is 6. The molecule has 0 spiro atoms. The second kappa shape index (κ2) is 9.43. The molecule has 0 saturated heterocycles. The van der Waals surface area contributed by atoms with Crippen molar-refractivity contribution in [3.05, 3.63) is 82.6 Å². The standard InChI is InChI=1S/C23H20N2O5/c1-15-16(2)30-22(20(15)12-24)25-21(26)14-29-23(27)18-9-6-10-19(11-18)28-13-17-7-4-3-5-8-17/h3-11H,13-14H2,1-2H3,(H,25,26). The van der Waals surface area contributed by atoms with Crippen LogP contribution in [0.4, 0.5) is 5.88 Å². The molecule has 1 amide bonds. The first-order valence-electron chi connectivity index (χ1n) is 9.21. The van der Waals surface area contributed by atoms with Crippen LogP contribution < -0.4 is 10.1 Å². The lowest BCUT2D eigenvalue weighted by Gasteiger charge is -2.08. The van der Waals surface area contributed by atoms with E-state index in [2.05, 4.69) is 5.32 Å². The largest absolute Gasteiger partial charge is 0.489 e. The average Bonchev–Trinajstić information content (AvgIpc) is 3.03. The van der Waals surface area contributed by atoms with Gasteiger partial charge in [0, 0.05) is 5.56 Å². The fourth-order valence-electron chi connectivity index (χ4n) is 2.68. The first-order chi connectivity index (χ1) is 14.5. The fraction of sp³-hybridized carbons (Fsp3) is 0.174. The Labute approximate surface area is 173 Å². The van der Waals surface area contributed by atoms with Crippen LogP contribution in [0.5, 0.6) is 5.75 Å². The van der Waals surface area contributed by atoms with Gasteiger partial charge in [0.1, 0.15) is 29.7 Å². The number of carbonyl (C=O) groups is 2. The molecular weight excluding hydrogens is 384 g/mol. The SMILES string of the molecule is Cc1oc(NC(=O)COC(=O)c2cccc(OCc3ccccc3)c2)c(C#N)c1C. The highest BCUT2D eigenvalue weighted by molar-refractivity contribution is 5.95. The van der Waals surface area contributed by atoms with Crippen molar-refractivity contribution >= 4 is 17.8 Å². The Bertz CT molecular complexity index is 1100. The monoisotopic (exact) mass is 404 g/mol. The number of benzene rings is 2. The van der Waals surface area contributed by atoms with E-state index < -0.39 is 18.5 Å². The van der Waals surface area contributed by atoms with E-state index >= 15 is 0 Å². The van der Waals surface area contributed by atoms with Crippen LogP contribution in [0.15, 0.2) is 59.0 Å². The van der Waals surface area contributed by atoms with Crippen molar-refractivity contribution in [1.29, 1.82) is 5.26 Å². The van der Waals surface area contributed by atoms with Crippen molar-refractivity contribution in [1.82, 2.24) is 0 Å². The minimum Gasteiger partial charge on any atom is -0.489 e. The third kappa shape index (κ3) is 5.06. The zero-order chi connectivity index (χ0) is 21.5. The van der Waals surface area contributed by atoms with Gasteiger partial charge in [-0.05, 0) is 37.6 Å². The molecule has 0 aliphatic rings. The highest BCUT2D eigenvalue weighted by atomic mass is 16.5. The van der Waals surface area contributed by atoms with Gasteiger partial charge in [0.05, 0.1) is 5.56 Å². The first-order valence-corrected chi connectivity index (χ1v) is 9.21. The molecular formula is C23H20N2O5. The quantitative estimate of drug-likeness (QED) is 0.594. The number of hydrogen-bond donors (Lipinski definition) is 1. The number of esters is 1. The van der Waals surface area contributed by atoms with Gasteiger partial charge in [0.25, 0.3) is 5.91 Å². The third-order valence-corrected chi connectivity index (χ3v) is 4.40. The summed E-state index contributed by atoms with van der Waals surface area (Å²) in [7, 11) is 0. The summed E-state index contributed by atoms with van der Waals surface area (Å²) in [4.78, 5) is 24.4. The van der Waals surface area contributed by atoms with Gasteiger partial charge in [-0.3, -0.25) is 10.1 Å². The first kappa shape index (κ1) is 20.7. The summed E-state index contributed by atoms with van der Waals surface area (Å²) in [6.07, 6.45) is 0. The van der Waals surface area contributed by atoms with Crippen LogP contribution in [-0.2, 0) is 16.1 Å². The summed E-state index contributed by atoms with van der Waals surface area (Å²) in [6.45, 7) is 3.27. The van der Waals surface area contributed by atoms with Gasteiger partial charge < -0.3 is 13.9 Å². The van der Waals surface area contributed by atoms with Crippen LogP contribution in [0, 0.1) is 25.2 Å². The van der Waals surface area contributed by atoms with E-state index in [1.165, 1.54) is 0 Å². The zero-order valence-corrected chi connectivity index (χ0v) is 16.6. The van der Waals surface area contributed by atoms with Crippen LogP contribution in [0.1, 0.15) is 32.8 Å². The second-order valence-electron chi connectivity index (χ2n) is 6.53. The maximum atomic E-state index is 12.3. The number of ether oxygens (including phenoxy) is 2. The number of anilines is 1. The fourth-order valence-corrected chi connectivity index (χ4v) is 2.68. The number of aryl methyl sites for hydroxylation is 1. The van der Waals surface area contributed by atoms with Gasteiger partial charge in [0.15, 0.2) is 6.61 Å². The number of nitriles is 1. The molecule has 152 valence electrons. The van der Waals surface area contributed by atoms with Gasteiger partial charge >= 0.3 is 5.97 Å². The topological polar surface area (TPSA) is 102 Å². The van der Waals surface area contributed by atoms with E-state index in [4.69, 9.17) is 13.9 Å². The molecule has 30 heavy (non-hydrogen) atoms. The number of carbonyl (C=O) groups excluding carboxylic acids is 2. The van der Waals surface area contributed by atoms with Crippen LogP contribution in [0.25, 0.3) is 0 Å². The van der Waals surface area contributed by atoms with E-state index in [-0.39, 0.29) is 17.0 Å². The minimum absolute atomic E-state index is 0.0462. The number of rotatable bonds is 7. The molecule has 0 atom stereocenters. The third-order valence-electron chi connectivity index (χ3n) is 4.40. The summed E-state index contributed by atoms with van der Waals surface area (Å²) >= 11 is 0. The Kier molecular flexibility index (Phi) is 6.50. The maximum Gasteiger partial charge on any atom is 0.338 e. The number of amides is 1. The van der Waals surface area contributed by atoms with E-state index in [1.807, 2.05) is 36.4 Å². The Balaban J connectivity index is 1.55. The molecule has 0 aliphatic carbocycles. The van der Waals surface area contributed by atoms with E-state index in [9.17, 15) is 14.9 Å². The summed E-state index contributed by atoms with van der Waals surface area (Å²) in [6, 6.07) is 18.2. The molecule has 3 rings (SSSR count). The summed E-state index contributed by atoms with van der Waals surface area (Å²) in [5.74, 6) is -0.179. The summed E-state index contributed by atoms with van der Waals surface area (Å²) in [5.41, 5.74) is 2.16. The lowest BCUT2D eigenvalue weighted by molar-refractivity contribution is -0.119. The molecule has 1 heterocycles. The second-order valence-corrected chi connectivity index (χ2v) is 6.53. The van der Waals surface area contributed by atoms with Gasteiger partial charge in [0.2, 0.25) is 5.88 Å². The van der Waals surface area contributed by atoms with Gasteiger partial charge in [-0.2, -0.15) is 5.26 Å². The number of nitrogens with one attached hydrogen (secondary N) is 1. The van der Waals surface area contributed by atoms with Crippen molar-refractivity contribution in [3.63, 3.8) is 0 Å². The maximum absolute atomic E-state index is 12.3. The molecule has 7 nitrogen and oxygen atoms in total. The molecule has 1 N–H and O–H groups in total. The van der Waals surface area contributed by atoms with E-state index in [1.54, 1.807) is 38.1 Å². The van der Waals surface area contributed by atoms with Crippen molar-refractivity contribution < 1.29 is 23.5 Å². The lowest BCUT2D eigenvalue weighted by Crippen LogP contribution is -2.21. The Morgan fingerprint density at radius 2 is 1.87 bits per heavy atom. The Morgan fingerprint density at radius 3 is 2.60 bits per heavy atom. The van der Waals surface area contributed by atoms with Crippen molar-refractivity contribution in [2.45, 2.75) is 20.5 Å². The van der Waals surface area contributed by atoms with Crippen LogP contribution in [-0.4, -0.2) is 18.5 Å². The van der Waals surface area contributed by atoms with Crippen molar-refractivity contribution in [3.8, 4) is 11.8 Å². The molecule has 0 radical (unpaired) electrons. The molecule has 1 aromatic heterocycles. The molecule has 0 aliphatic heterocycles. The van der Waals surface area contributed by atoms with Gasteiger partial charge in [-0.1, -0.05) is 36.4 Å². The lowest BCUT2D eigenvalue weighted by atomic mass is 10.2. The molecule has 2 aromatic carbocycles. The molecule has 0 fully saturated rings. The van der Waals surface area contributed by atoms with Crippen LogP contribution in [0.2, 0.25) is 0 Å². The van der Waals surface area contributed by atoms with Crippen molar-refractivity contribution in [2.75, 3.05) is 11.9 Å². The zero-order valence-electron chi connectivity index (χ0n) is 16.6. The van der Waals surface area contributed by atoms with Gasteiger partial charge in [-0.15, -0.1) is 0 Å². The van der Waals surface area contributed by atoms with Crippen LogP contribution in [0.3, 0.4) is 0 Å². The van der Waals surface area contributed by atoms with E-state index in [0.717, 1.165) is 5.56 Å². The predicted molar refractivity (Wildman–Crippen MR) is 109 cm³/mol. The van der Waals surface area contributed by atoms with E-state index in [0.29, 0.717) is 23.7 Å². The minimum atomic E-state index is -0.664. The number of furan rings is 1. The Hall–Kier alpha value is -4.05. The molecule has 0 saturated carbocycles. The van der Waals surface area contributed by atoms with Gasteiger partial charge in [-0.25, -0.2) is 4.79 Å². The smallest absolute Gasteiger partial charge is 0.338 e. The van der Waals surface area contributed by atoms with Crippen molar-refractivity contribution in [2.24, 2.45) is 0 Å².